The molecule has 2 heterocycles. The molecule has 3 aromatic carbocycles. The van der Waals surface area contributed by atoms with E-state index in [0.29, 0.717) is 35.4 Å². The summed E-state index contributed by atoms with van der Waals surface area (Å²) < 4.78 is 42.6. The predicted molar refractivity (Wildman–Crippen MR) is 169 cm³/mol. The Labute approximate surface area is 263 Å². The number of urea groups is 1. The fourth-order valence-corrected chi connectivity index (χ4v) is 6.00. The Morgan fingerprint density at radius 3 is 2.51 bits per heavy atom. The summed E-state index contributed by atoms with van der Waals surface area (Å²) in [6.07, 6.45) is -2.71. The van der Waals surface area contributed by atoms with Crippen molar-refractivity contribution in [2.75, 3.05) is 17.2 Å². The van der Waals surface area contributed by atoms with Crippen LogP contribution in [0.1, 0.15) is 43.4 Å². The van der Waals surface area contributed by atoms with Gasteiger partial charge in [0.1, 0.15) is 12.1 Å². The van der Waals surface area contributed by atoms with Gasteiger partial charge in [-0.15, -0.1) is 18.3 Å². The average Bonchev–Trinajstić information content (AvgIpc) is 3.57. The number of amidine groups is 1. The number of nitrogens with one attached hydrogen (secondary N) is 1. The van der Waals surface area contributed by atoms with Crippen LogP contribution in [-0.2, 0) is 6.42 Å². The number of carbonyl (C=O) groups is 1. The van der Waals surface area contributed by atoms with Crippen molar-refractivity contribution in [1.82, 2.24) is 20.1 Å². The summed E-state index contributed by atoms with van der Waals surface area (Å²) in [6.45, 7) is 8.26. The monoisotopic (exact) mass is 638 g/mol. The molecule has 1 aliphatic rings. The number of amides is 2. The molecule has 1 saturated heterocycles. The molecule has 236 valence electrons. The molecule has 2 N–H and O–H groups in total. The second-order valence-corrected chi connectivity index (χ2v) is 12.1. The van der Waals surface area contributed by atoms with Gasteiger partial charge in [0.05, 0.1) is 5.69 Å². The second-order valence-electron chi connectivity index (χ2n) is 11.2. The van der Waals surface area contributed by atoms with E-state index in [1.165, 1.54) is 47.0 Å². The first kappa shape index (κ1) is 32.0. The lowest BCUT2D eigenvalue weighted by atomic mass is 9.98. The van der Waals surface area contributed by atoms with Crippen LogP contribution in [0.25, 0.3) is 17.1 Å². The van der Waals surface area contributed by atoms with Crippen molar-refractivity contribution in [1.29, 1.82) is 0 Å². The van der Waals surface area contributed by atoms with E-state index in [-0.39, 0.29) is 11.7 Å². The van der Waals surface area contributed by atoms with Crippen LogP contribution in [0.5, 0.6) is 5.75 Å². The number of thioether (sulfide) groups is 1. The zero-order chi connectivity index (χ0) is 32.4. The maximum Gasteiger partial charge on any atom is 0.573 e. The van der Waals surface area contributed by atoms with E-state index >= 15 is 0 Å². The number of anilines is 1. The van der Waals surface area contributed by atoms with Gasteiger partial charge in [0.15, 0.2) is 16.7 Å². The summed E-state index contributed by atoms with van der Waals surface area (Å²) in [4.78, 5) is 23.2. The Morgan fingerprint density at radius 2 is 1.84 bits per heavy atom. The normalized spacial score (nSPS) is 17.7. The molecule has 1 aliphatic heterocycles. The van der Waals surface area contributed by atoms with Crippen molar-refractivity contribution < 1.29 is 27.8 Å². The smallest absolute Gasteiger partial charge is 0.406 e. The summed E-state index contributed by atoms with van der Waals surface area (Å²) in [5.74, 6) is 0.732. The summed E-state index contributed by atoms with van der Waals surface area (Å²) >= 11 is 1.34. The molecule has 13 heteroatoms. The van der Waals surface area contributed by atoms with Crippen LogP contribution in [0, 0.1) is 6.92 Å². The standard InChI is InChI=1S/C32H33F3N6O3S/c1-20(2)26-14-5-21(3)17-27(26)41-30(45-18-31(41,4)43)38-29(42)36-16-15-22-6-8-23(9-7-22)28-37-19-40(39-28)24-10-12-25(13-11-24)44-32(33,34)35/h5-14,17,19-20,43H,15-16,18H2,1-4H3,(H,36,42)/b38-30-. The molecule has 45 heavy (non-hydrogen) atoms. The number of hydrogen-bond acceptors (Lipinski definition) is 6. The lowest BCUT2D eigenvalue weighted by Gasteiger charge is -2.33. The van der Waals surface area contributed by atoms with E-state index in [2.05, 4.69) is 45.0 Å². The molecular formula is C32H33F3N6O3S. The van der Waals surface area contributed by atoms with E-state index in [1.54, 1.807) is 11.8 Å². The van der Waals surface area contributed by atoms with Gasteiger partial charge in [-0.2, -0.15) is 4.99 Å². The Bertz CT molecular complexity index is 1690. The third kappa shape index (κ3) is 7.84. The number of benzene rings is 3. The topological polar surface area (TPSA) is 105 Å². The highest BCUT2D eigenvalue weighted by atomic mass is 32.2. The largest absolute Gasteiger partial charge is 0.573 e. The molecule has 5 rings (SSSR count). The number of nitrogens with zero attached hydrogens (tertiary/aromatic N) is 5. The number of aromatic nitrogens is 3. The number of aliphatic imine (C=N–C) groups is 1. The summed E-state index contributed by atoms with van der Waals surface area (Å²) in [5, 5.41) is 18.9. The van der Waals surface area contributed by atoms with Gasteiger partial charge in [0.25, 0.3) is 0 Å². The van der Waals surface area contributed by atoms with Crippen LogP contribution in [0.3, 0.4) is 0 Å². The minimum absolute atomic E-state index is 0.220. The number of alkyl halides is 3. The number of aryl methyl sites for hydroxylation is 1. The molecule has 9 nitrogen and oxygen atoms in total. The van der Waals surface area contributed by atoms with Gasteiger partial charge in [0.2, 0.25) is 0 Å². The fourth-order valence-electron chi connectivity index (χ4n) is 4.90. The highest BCUT2D eigenvalue weighted by Crippen LogP contribution is 2.40. The molecule has 0 aliphatic carbocycles. The molecule has 0 saturated carbocycles. The van der Waals surface area contributed by atoms with Crippen LogP contribution in [-0.4, -0.2) is 55.5 Å². The van der Waals surface area contributed by atoms with Crippen molar-refractivity contribution >= 4 is 28.6 Å². The highest BCUT2D eigenvalue weighted by molar-refractivity contribution is 8.14. The Morgan fingerprint density at radius 1 is 1.13 bits per heavy atom. The maximum absolute atomic E-state index is 12.8. The average molecular weight is 639 g/mol. The van der Waals surface area contributed by atoms with Crippen molar-refractivity contribution in [3.05, 3.63) is 89.7 Å². The third-order valence-electron chi connectivity index (χ3n) is 7.12. The minimum Gasteiger partial charge on any atom is -0.406 e. The molecule has 1 fully saturated rings. The third-order valence-corrected chi connectivity index (χ3v) is 8.35. The van der Waals surface area contributed by atoms with Gasteiger partial charge in [0, 0.05) is 23.5 Å². The number of halogens is 3. The van der Waals surface area contributed by atoms with Crippen molar-refractivity contribution in [3.8, 4) is 22.8 Å². The van der Waals surface area contributed by atoms with Gasteiger partial charge in [-0.25, -0.2) is 14.5 Å². The maximum atomic E-state index is 12.8. The molecule has 0 spiro atoms. The molecule has 0 bridgehead atoms. The molecule has 0 radical (unpaired) electrons. The fraction of sp³-hybridized carbons (Fsp3) is 0.312. The lowest BCUT2D eigenvalue weighted by Crippen LogP contribution is -2.46. The summed E-state index contributed by atoms with van der Waals surface area (Å²) in [7, 11) is 0. The lowest BCUT2D eigenvalue weighted by molar-refractivity contribution is -0.274. The molecule has 1 unspecified atom stereocenters. The molecule has 4 aromatic rings. The number of rotatable bonds is 8. The number of carbonyl (C=O) groups excluding carboxylic acids is 1. The molecule has 1 atom stereocenters. The number of hydrogen-bond donors (Lipinski definition) is 2. The Balaban J connectivity index is 1.19. The van der Waals surface area contributed by atoms with Gasteiger partial charge in [-0.3, -0.25) is 4.90 Å². The van der Waals surface area contributed by atoms with Gasteiger partial charge < -0.3 is 15.2 Å². The Hall–Kier alpha value is -4.36. The number of ether oxygens (including phenoxy) is 1. The zero-order valence-corrected chi connectivity index (χ0v) is 26.0. The van der Waals surface area contributed by atoms with E-state index in [0.717, 1.165) is 27.9 Å². The van der Waals surface area contributed by atoms with Crippen molar-refractivity contribution in [3.63, 3.8) is 0 Å². The quantitative estimate of drug-likeness (QED) is 0.218. The van der Waals surface area contributed by atoms with Gasteiger partial charge in [-0.05, 0) is 73.2 Å². The second kappa shape index (κ2) is 12.9. The minimum atomic E-state index is -4.76. The van der Waals surface area contributed by atoms with Crippen LogP contribution in [0.4, 0.5) is 23.7 Å². The molecular weight excluding hydrogens is 605 g/mol. The van der Waals surface area contributed by atoms with Crippen molar-refractivity contribution in [2.24, 2.45) is 4.99 Å². The van der Waals surface area contributed by atoms with E-state index in [4.69, 9.17) is 0 Å². The van der Waals surface area contributed by atoms with Crippen LogP contribution in [0.2, 0.25) is 0 Å². The van der Waals surface area contributed by atoms with E-state index in [1.807, 2.05) is 43.3 Å². The Kier molecular flexibility index (Phi) is 9.21. The van der Waals surface area contributed by atoms with Crippen LogP contribution < -0.4 is 15.0 Å². The molecule has 1 aromatic heterocycles. The highest BCUT2D eigenvalue weighted by Gasteiger charge is 2.42. The van der Waals surface area contributed by atoms with Gasteiger partial charge >= 0.3 is 12.4 Å². The summed E-state index contributed by atoms with van der Waals surface area (Å²) in [5.41, 5.74) is 4.04. The first-order chi connectivity index (χ1) is 21.3. The van der Waals surface area contributed by atoms with Crippen LogP contribution >= 0.6 is 11.8 Å². The zero-order valence-electron chi connectivity index (χ0n) is 25.2. The first-order valence-electron chi connectivity index (χ1n) is 14.3. The summed E-state index contributed by atoms with van der Waals surface area (Å²) in [6, 6.07) is 18.5. The predicted octanol–water partition coefficient (Wildman–Crippen LogP) is 6.83. The van der Waals surface area contributed by atoms with Crippen molar-refractivity contribution in [2.45, 2.75) is 52.1 Å². The molecule has 2 amide bonds. The van der Waals surface area contributed by atoms with Crippen LogP contribution in [0.15, 0.2) is 78.0 Å². The SMILES string of the molecule is Cc1ccc(C(C)C)c(N2/C(=N/C(=O)NCCc3ccc(-c4ncn(-c5ccc(OC(F)(F)F)cc5)n4)cc3)SCC2(C)O)c1. The van der Waals surface area contributed by atoms with E-state index in [9.17, 15) is 23.1 Å². The number of aliphatic hydroxyl groups is 1. The van der Waals surface area contributed by atoms with E-state index < -0.39 is 18.1 Å². The van der Waals surface area contributed by atoms with Gasteiger partial charge in [-0.1, -0.05) is 62.0 Å². The first-order valence-corrected chi connectivity index (χ1v) is 15.3.